The molecule has 0 aliphatic carbocycles. The molecule has 0 aromatic heterocycles. The van der Waals surface area contributed by atoms with Gasteiger partial charge in [0.1, 0.15) is 11.6 Å². The molecule has 1 amide bonds. The van der Waals surface area contributed by atoms with Gasteiger partial charge in [-0.05, 0) is 43.2 Å². The highest BCUT2D eigenvalue weighted by Gasteiger charge is 2.05. The summed E-state index contributed by atoms with van der Waals surface area (Å²) in [5.74, 6) is 1.29. The molecule has 0 aliphatic heterocycles. The first kappa shape index (κ1) is 18.3. The molecule has 0 bridgehead atoms. The molecule has 0 unspecified atom stereocenters. The van der Waals surface area contributed by atoms with E-state index in [1.165, 1.54) is 17.8 Å². The zero-order valence-corrected chi connectivity index (χ0v) is 14.7. The van der Waals surface area contributed by atoms with Crippen LogP contribution >= 0.6 is 11.8 Å². The van der Waals surface area contributed by atoms with Gasteiger partial charge in [-0.15, -0.1) is 11.8 Å². The minimum atomic E-state index is -0.229. The number of amides is 1. The SMILES string of the molecule is CC(C)Oc1cccc(CNC(=O)CSCc2ccccc2F)c1. The molecule has 0 atom stereocenters. The number of carbonyl (C=O) groups excluding carboxylic acids is 1. The maximum Gasteiger partial charge on any atom is 0.230 e. The Morgan fingerprint density at radius 3 is 2.75 bits per heavy atom. The highest BCUT2D eigenvalue weighted by molar-refractivity contribution is 7.99. The second kappa shape index (κ2) is 9.33. The summed E-state index contributed by atoms with van der Waals surface area (Å²) in [5.41, 5.74) is 1.61. The lowest BCUT2D eigenvalue weighted by atomic mass is 10.2. The van der Waals surface area contributed by atoms with Crippen molar-refractivity contribution in [3.63, 3.8) is 0 Å². The summed E-state index contributed by atoms with van der Waals surface area (Å²) in [4.78, 5) is 11.9. The van der Waals surface area contributed by atoms with Gasteiger partial charge in [0, 0.05) is 12.3 Å². The van der Waals surface area contributed by atoms with E-state index >= 15 is 0 Å². The summed E-state index contributed by atoms with van der Waals surface area (Å²) < 4.78 is 19.1. The van der Waals surface area contributed by atoms with E-state index in [1.54, 1.807) is 18.2 Å². The maximum absolute atomic E-state index is 13.5. The van der Waals surface area contributed by atoms with Crippen LogP contribution in [0.4, 0.5) is 4.39 Å². The molecule has 128 valence electrons. The summed E-state index contributed by atoms with van der Waals surface area (Å²) in [7, 11) is 0. The lowest BCUT2D eigenvalue weighted by Crippen LogP contribution is -2.24. The number of nitrogens with one attached hydrogen (secondary N) is 1. The minimum Gasteiger partial charge on any atom is -0.491 e. The predicted molar refractivity (Wildman–Crippen MR) is 96.6 cm³/mol. The van der Waals surface area contributed by atoms with Crippen LogP contribution in [0.5, 0.6) is 5.75 Å². The molecule has 0 spiro atoms. The van der Waals surface area contributed by atoms with Crippen LogP contribution in [0.25, 0.3) is 0 Å². The third-order valence-electron chi connectivity index (χ3n) is 3.21. The third kappa shape index (κ3) is 6.24. The van der Waals surface area contributed by atoms with E-state index < -0.39 is 0 Å². The smallest absolute Gasteiger partial charge is 0.230 e. The fourth-order valence-corrected chi connectivity index (χ4v) is 2.97. The van der Waals surface area contributed by atoms with Gasteiger partial charge in [-0.3, -0.25) is 4.79 Å². The largest absolute Gasteiger partial charge is 0.491 e. The van der Waals surface area contributed by atoms with Gasteiger partial charge < -0.3 is 10.1 Å². The van der Waals surface area contributed by atoms with Crippen LogP contribution in [0.15, 0.2) is 48.5 Å². The molecule has 0 fully saturated rings. The average molecular weight is 347 g/mol. The highest BCUT2D eigenvalue weighted by atomic mass is 32.2. The first-order valence-electron chi connectivity index (χ1n) is 7.88. The summed E-state index contributed by atoms with van der Waals surface area (Å²) in [6, 6.07) is 14.3. The van der Waals surface area contributed by atoms with E-state index in [0.29, 0.717) is 23.6 Å². The molecule has 3 nitrogen and oxygen atoms in total. The van der Waals surface area contributed by atoms with E-state index in [1.807, 2.05) is 38.1 Å². The number of hydrogen-bond donors (Lipinski definition) is 1. The van der Waals surface area contributed by atoms with Gasteiger partial charge in [-0.25, -0.2) is 4.39 Å². The van der Waals surface area contributed by atoms with Crippen molar-refractivity contribution in [2.75, 3.05) is 5.75 Å². The van der Waals surface area contributed by atoms with Crippen molar-refractivity contribution in [1.82, 2.24) is 5.32 Å². The van der Waals surface area contributed by atoms with Crippen LogP contribution in [-0.2, 0) is 17.1 Å². The zero-order valence-electron chi connectivity index (χ0n) is 13.9. The van der Waals surface area contributed by atoms with Crippen LogP contribution < -0.4 is 10.1 Å². The summed E-state index contributed by atoms with van der Waals surface area (Å²) in [6.45, 7) is 4.40. The summed E-state index contributed by atoms with van der Waals surface area (Å²) in [6.07, 6.45) is 0.115. The van der Waals surface area contributed by atoms with Crippen molar-refractivity contribution in [2.24, 2.45) is 0 Å². The first-order valence-corrected chi connectivity index (χ1v) is 9.03. The lowest BCUT2D eigenvalue weighted by molar-refractivity contribution is -0.118. The molecule has 2 aromatic carbocycles. The van der Waals surface area contributed by atoms with Gasteiger partial charge in [0.15, 0.2) is 0 Å². The molecular weight excluding hydrogens is 325 g/mol. The number of rotatable bonds is 8. The number of benzene rings is 2. The Balaban J connectivity index is 1.74. The van der Waals surface area contributed by atoms with Crippen molar-refractivity contribution in [2.45, 2.75) is 32.2 Å². The van der Waals surface area contributed by atoms with Gasteiger partial charge in [-0.1, -0.05) is 30.3 Å². The van der Waals surface area contributed by atoms with Gasteiger partial charge >= 0.3 is 0 Å². The van der Waals surface area contributed by atoms with Crippen LogP contribution in [0.2, 0.25) is 0 Å². The number of hydrogen-bond acceptors (Lipinski definition) is 3. The molecule has 24 heavy (non-hydrogen) atoms. The third-order valence-corrected chi connectivity index (χ3v) is 4.19. The molecule has 2 rings (SSSR count). The van der Waals surface area contributed by atoms with Crippen molar-refractivity contribution >= 4 is 17.7 Å². The predicted octanol–water partition coefficient (Wildman–Crippen LogP) is 4.16. The van der Waals surface area contributed by atoms with Gasteiger partial charge in [0.2, 0.25) is 5.91 Å². The van der Waals surface area contributed by atoms with E-state index in [-0.39, 0.29) is 17.8 Å². The Bertz CT molecular complexity index is 676. The highest BCUT2D eigenvalue weighted by Crippen LogP contribution is 2.16. The molecule has 2 aromatic rings. The first-order chi connectivity index (χ1) is 11.5. The molecule has 0 saturated carbocycles. The standard InChI is InChI=1S/C19H22FNO2S/c1-14(2)23-17-8-5-6-15(10-17)11-21-19(22)13-24-12-16-7-3-4-9-18(16)20/h3-10,14H,11-13H2,1-2H3,(H,21,22). The molecular formula is C19H22FNO2S. The average Bonchev–Trinajstić information content (AvgIpc) is 2.54. The Kier molecular flexibility index (Phi) is 7.12. The second-order valence-electron chi connectivity index (χ2n) is 5.67. The van der Waals surface area contributed by atoms with Crippen molar-refractivity contribution in [1.29, 1.82) is 0 Å². The van der Waals surface area contributed by atoms with Crippen molar-refractivity contribution in [3.8, 4) is 5.75 Å². The van der Waals surface area contributed by atoms with Crippen molar-refractivity contribution in [3.05, 3.63) is 65.5 Å². The van der Waals surface area contributed by atoms with Crippen molar-refractivity contribution < 1.29 is 13.9 Å². The molecule has 0 radical (unpaired) electrons. The van der Waals surface area contributed by atoms with Gasteiger partial charge in [-0.2, -0.15) is 0 Å². The zero-order chi connectivity index (χ0) is 17.4. The second-order valence-corrected chi connectivity index (χ2v) is 6.66. The van der Waals surface area contributed by atoms with E-state index in [9.17, 15) is 9.18 Å². The van der Waals surface area contributed by atoms with Crippen LogP contribution in [0.1, 0.15) is 25.0 Å². The molecule has 1 N–H and O–H groups in total. The quantitative estimate of drug-likeness (QED) is 0.779. The molecule has 0 aliphatic rings. The number of ether oxygens (including phenoxy) is 1. The monoisotopic (exact) mass is 347 g/mol. The van der Waals surface area contributed by atoms with Gasteiger partial charge in [0.25, 0.3) is 0 Å². The summed E-state index contributed by atoms with van der Waals surface area (Å²) in [5, 5.41) is 2.87. The van der Waals surface area contributed by atoms with Crippen LogP contribution in [0, 0.1) is 5.82 Å². The van der Waals surface area contributed by atoms with E-state index in [2.05, 4.69) is 5.32 Å². The fraction of sp³-hybridized carbons (Fsp3) is 0.316. The summed E-state index contributed by atoms with van der Waals surface area (Å²) >= 11 is 1.40. The Morgan fingerprint density at radius 2 is 2.00 bits per heavy atom. The van der Waals surface area contributed by atoms with Gasteiger partial charge in [0.05, 0.1) is 11.9 Å². The minimum absolute atomic E-state index is 0.0634. The van der Waals surface area contributed by atoms with Crippen LogP contribution in [0.3, 0.4) is 0 Å². The number of thioether (sulfide) groups is 1. The Hall–Kier alpha value is -2.01. The Labute approximate surface area is 146 Å². The van der Waals surface area contributed by atoms with Crippen LogP contribution in [-0.4, -0.2) is 17.8 Å². The lowest BCUT2D eigenvalue weighted by Gasteiger charge is -2.11. The molecule has 0 saturated heterocycles. The molecule has 0 heterocycles. The Morgan fingerprint density at radius 1 is 1.21 bits per heavy atom. The van der Waals surface area contributed by atoms with E-state index in [0.717, 1.165) is 11.3 Å². The molecule has 5 heteroatoms. The topological polar surface area (TPSA) is 38.3 Å². The number of carbonyl (C=O) groups is 1. The maximum atomic E-state index is 13.5. The van der Waals surface area contributed by atoms with E-state index in [4.69, 9.17) is 4.74 Å². The number of halogens is 1. The fourth-order valence-electron chi connectivity index (χ4n) is 2.12. The normalized spacial score (nSPS) is 10.7.